The summed E-state index contributed by atoms with van der Waals surface area (Å²) in [4.78, 5) is 31.6. The summed E-state index contributed by atoms with van der Waals surface area (Å²) < 4.78 is 34.2. The molecule has 1 aromatic rings. The summed E-state index contributed by atoms with van der Waals surface area (Å²) in [5.41, 5.74) is -1.39. The van der Waals surface area contributed by atoms with Gasteiger partial charge in [0.1, 0.15) is 11.6 Å². The van der Waals surface area contributed by atoms with Crippen LogP contribution in [0.2, 0.25) is 5.02 Å². The van der Waals surface area contributed by atoms with Crippen molar-refractivity contribution >= 4 is 33.6 Å². The lowest BCUT2D eigenvalue weighted by atomic mass is 9.82. The second kappa shape index (κ2) is 10.4. The third kappa shape index (κ3) is 6.30. The average molecular weight is 542 g/mol. The maximum absolute atomic E-state index is 13.4. The second-order valence-electron chi connectivity index (χ2n) is 11.1. The maximum atomic E-state index is 13.4. The summed E-state index contributed by atoms with van der Waals surface area (Å²) in [6.07, 6.45) is 4.35. The van der Waals surface area contributed by atoms with Crippen LogP contribution in [0.15, 0.2) is 18.3 Å². The minimum atomic E-state index is -3.81. The van der Waals surface area contributed by atoms with Crippen LogP contribution < -0.4 is 15.4 Å². The van der Waals surface area contributed by atoms with Crippen molar-refractivity contribution in [3.63, 3.8) is 0 Å². The van der Waals surface area contributed by atoms with Gasteiger partial charge in [0.05, 0.1) is 10.8 Å². The summed E-state index contributed by atoms with van der Waals surface area (Å²) in [6.45, 7) is 8.82. The Morgan fingerprint density at radius 1 is 1.11 bits per heavy atom. The zero-order chi connectivity index (χ0) is 26.1. The van der Waals surface area contributed by atoms with Crippen molar-refractivity contribution in [3.05, 3.63) is 23.4 Å². The predicted octanol–water partition coefficient (Wildman–Crippen LogP) is 2.39. The van der Waals surface area contributed by atoms with E-state index in [-0.39, 0.29) is 30.7 Å². The molecule has 3 aliphatic heterocycles. The third-order valence-corrected chi connectivity index (χ3v) is 9.66. The topological polar surface area (TPSA) is 121 Å². The number of likely N-dealkylation sites (tertiary alicyclic amines) is 1. The van der Waals surface area contributed by atoms with Gasteiger partial charge < -0.3 is 10.1 Å². The number of imide groups is 1. The van der Waals surface area contributed by atoms with E-state index in [1.165, 1.54) is 10.5 Å². The van der Waals surface area contributed by atoms with Crippen LogP contribution in [0.25, 0.3) is 0 Å². The highest BCUT2D eigenvalue weighted by atomic mass is 35.5. The Balaban J connectivity index is 1.38. The molecule has 3 aliphatic rings. The summed E-state index contributed by atoms with van der Waals surface area (Å²) in [6, 6.07) is 2.74. The highest BCUT2D eigenvalue weighted by Gasteiger charge is 2.51. The molecule has 3 saturated heterocycles. The minimum Gasteiger partial charge on any atom is -0.474 e. The molecule has 1 aromatic heterocycles. The van der Waals surface area contributed by atoms with Crippen molar-refractivity contribution in [3.8, 4) is 5.88 Å². The van der Waals surface area contributed by atoms with Crippen LogP contribution in [0.4, 0.5) is 4.79 Å². The standard InChI is InChI=1S/C24H36ClN5O5S/c1-23(2,3)29-10-6-17(7-11-29)14-24(21(31)27-22(32)28-24)16-36(33,34)30-12-8-19(9-13-30)35-20-5-4-18(25)15-26-20/h4-5,15,17,19H,6-14,16H2,1-3H3,(H2,27,28,31,32). The number of urea groups is 1. The number of rotatable bonds is 7. The number of carbonyl (C=O) groups is 2. The molecule has 12 heteroatoms. The van der Waals surface area contributed by atoms with Crippen LogP contribution >= 0.6 is 11.6 Å². The lowest BCUT2D eigenvalue weighted by molar-refractivity contribution is -0.124. The van der Waals surface area contributed by atoms with Crippen LogP contribution in [-0.4, -0.2) is 83.7 Å². The molecule has 0 aromatic carbocycles. The van der Waals surface area contributed by atoms with Gasteiger partial charge in [0.25, 0.3) is 5.91 Å². The van der Waals surface area contributed by atoms with Crippen molar-refractivity contribution in [1.82, 2.24) is 24.8 Å². The quantitative estimate of drug-likeness (QED) is 0.508. The number of nitrogens with one attached hydrogen (secondary N) is 2. The van der Waals surface area contributed by atoms with Gasteiger partial charge in [-0.3, -0.25) is 15.0 Å². The molecule has 1 atom stereocenters. The number of pyridine rings is 1. The second-order valence-corrected chi connectivity index (χ2v) is 13.5. The normalized spacial score (nSPS) is 25.6. The van der Waals surface area contributed by atoms with Gasteiger partial charge in [0.2, 0.25) is 15.9 Å². The number of halogens is 1. The predicted molar refractivity (Wildman–Crippen MR) is 136 cm³/mol. The number of nitrogens with zero attached hydrogens (tertiary/aromatic N) is 3. The summed E-state index contributed by atoms with van der Waals surface area (Å²) in [5, 5.41) is 5.47. The Bertz CT molecular complexity index is 1060. The molecular weight excluding hydrogens is 506 g/mol. The molecular formula is C24H36ClN5O5S. The smallest absolute Gasteiger partial charge is 0.322 e. The number of amides is 3. The Kier molecular flexibility index (Phi) is 7.85. The number of carbonyl (C=O) groups excluding carboxylic acids is 2. The maximum Gasteiger partial charge on any atom is 0.322 e. The van der Waals surface area contributed by atoms with Gasteiger partial charge in [0, 0.05) is 30.9 Å². The van der Waals surface area contributed by atoms with E-state index in [2.05, 4.69) is 41.3 Å². The van der Waals surface area contributed by atoms with E-state index >= 15 is 0 Å². The van der Waals surface area contributed by atoms with E-state index in [1.54, 1.807) is 12.1 Å². The van der Waals surface area contributed by atoms with Gasteiger partial charge in [-0.05, 0) is 77.9 Å². The van der Waals surface area contributed by atoms with Crippen LogP contribution in [0.3, 0.4) is 0 Å². The van der Waals surface area contributed by atoms with E-state index in [0.29, 0.717) is 30.2 Å². The van der Waals surface area contributed by atoms with Crippen LogP contribution in [0.5, 0.6) is 5.88 Å². The number of hydrogen-bond donors (Lipinski definition) is 2. The molecule has 0 aliphatic carbocycles. The van der Waals surface area contributed by atoms with E-state index in [1.807, 2.05) is 0 Å². The van der Waals surface area contributed by atoms with Gasteiger partial charge in [-0.25, -0.2) is 22.5 Å². The highest BCUT2D eigenvalue weighted by Crippen LogP contribution is 2.33. The first-order chi connectivity index (χ1) is 16.9. The Morgan fingerprint density at radius 2 is 1.78 bits per heavy atom. The fraction of sp³-hybridized carbons (Fsp3) is 0.708. The Hall–Kier alpha value is -1.95. The molecule has 200 valence electrons. The van der Waals surface area contributed by atoms with Gasteiger partial charge in [-0.15, -0.1) is 0 Å². The van der Waals surface area contributed by atoms with E-state index < -0.39 is 33.3 Å². The first kappa shape index (κ1) is 27.1. The zero-order valence-electron chi connectivity index (χ0n) is 21.1. The first-order valence-electron chi connectivity index (χ1n) is 12.5. The largest absolute Gasteiger partial charge is 0.474 e. The van der Waals surface area contributed by atoms with Crippen molar-refractivity contribution in [1.29, 1.82) is 0 Å². The van der Waals surface area contributed by atoms with Crippen LogP contribution in [0.1, 0.15) is 52.9 Å². The van der Waals surface area contributed by atoms with E-state index in [9.17, 15) is 18.0 Å². The fourth-order valence-electron chi connectivity index (χ4n) is 5.37. The highest BCUT2D eigenvalue weighted by molar-refractivity contribution is 7.89. The molecule has 3 amide bonds. The van der Waals surface area contributed by atoms with E-state index in [0.717, 1.165) is 25.9 Å². The summed E-state index contributed by atoms with van der Waals surface area (Å²) in [5.74, 6) is -0.403. The van der Waals surface area contributed by atoms with Crippen molar-refractivity contribution < 1.29 is 22.7 Å². The molecule has 4 rings (SSSR count). The molecule has 3 fully saturated rings. The molecule has 0 bridgehead atoms. The fourth-order valence-corrected chi connectivity index (χ4v) is 7.37. The van der Waals surface area contributed by atoms with E-state index in [4.69, 9.17) is 16.3 Å². The van der Waals surface area contributed by atoms with Crippen LogP contribution in [-0.2, 0) is 14.8 Å². The summed E-state index contributed by atoms with van der Waals surface area (Å²) >= 11 is 5.86. The average Bonchev–Trinajstić information content (AvgIpc) is 3.07. The molecule has 0 radical (unpaired) electrons. The minimum absolute atomic E-state index is 0.0599. The van der Waals surface area contributed by atoms with Crippen molar-refractivity contribution in [2.24, 2.45) is 5.92 Å². The van der Waals surface area contributed by atoms with Gasteiger partial charge >= 0.3 is 6.03 Å². The van der Waals surface area contributed by atoms with Crippen molar-refractivity contribution in [2.75, 3.05) is 31.9 Å². The number of piperidine rings is 2. The molecule has 10 nitrogen and oxygen atoms in total. The molecule has 36 heavy (non-hydrogen) atoms. The number of sulfonamides is 1. The van der Waals surface area contributed by atoms with Gasteiger partial charge in [0.15, 0.2) is 0 Å². The molecule has 0 spiro atoms. The Morgan fingerprint density at radius 3 is 2.31 bits per heavy atom. The number of ether oxygens (including phenoxy) is 1. The molecule has 2 N–H and O–H groups in total. The van der Waals surface area contributed by atoms with Crippen molar-refractivity contribution in [2.45, 2.75) is 70.1 Å². The summed E-state index contributed by atoms with van der Waals surface area (Å²) in [7, 11) is -3.81. The lowest BCUT2D eigenvalue weighted by Gasteiger charge is -2.42. The van der Waals surface area contributed by atoms with Crippen LogP contribution in [0, 0.1) is 5.92 Å². The van der Waals surface area contributed by atoms with Gasteiger partial charge in [-0.2, -0.15) is 0 Å². The first-order valence-corrected chi connectivity index (χ1v) is 14.5. The number of hydrogen-bond acceptors (Lipinski definition) is 7. The Labute approximate surface area is 218 Å². The molecule has 1 unspecified atom stereocenters. The third-order valence-electron chi connectivity index (χ3n) is 7.43. The number of aromatic nitrogens is 1. The van der Waals surface area contributed by atoms with Gasteiger partial charge in [-0.1, -0.05) is 11.6 Å². The zero-order valence-corrected chi connectivity index (χ0v) is 22.7. The monoisotopic (exact) mass is 541 g/mol. The molecule has 4 heterocycles. The lowest BCUT2D eigenvalue weighted by Crippen LogP contribution is -2.57. The SMILES string of the molecule is CC(C)(C)N1CCC(CC2(CS(=O)(=O)N3CCC(Oc4ccc(Cl)cn4)CC3)NC(=O)NC2=O)CC1. The molecule has 0 saturated carbocycles.